The molecule has 0 bridgehead atoms. The van der Waals surface area contributed by atoms with E-state index in [-0.39, 0.29) is 29.4 Å². The highest BCUT2D eigenvalue weighted by atomic mass is 16.5. The minimum Gasteiger partial charge on any atom is -0.480 e. The van der Waals surface area contributed by atoms with Crippen LogP contribution in [0.25, 0.3) is 0 Å². The highest BCUT2D eigenvalue weighted by molar-refractivity contribution is 5.90. The van der Waals surface area contributed by atoms with Gasteiger partial charge in [0.05, 0.1) is 12.6 Å². The highest BCUT2D eigenvalue weighted by Crippen LogP contribution is 2.49. The lowest BCUT2D eigenvalue weighted by molar-refractivity contribution is -0.116. The van der Waals surface area contributed by atoms with Crippen molar-refractivity contribution in [2.45, 2.75) is 62.4 Å². The Morgan fingerprint density at radius 1 is 1.08 bits per heavy atom. The molecule has 1 N–H and O–H groups in total. The molecular formula is C29H40N6O3. The van der Waals surface area contributed by atoms with Gasteiger partial charge >= 0.3 is 6.03 Å². The standard InChI is InChI=1S/C29H40N6O3/c1-33(2)29(23-10-5-4-6-11-23)17-15-28(16-18-29)21-34(27(37)35(28)20-22-8-7-9-22)19-14-25(36)30-24-12-13-26(38-3)32-31-24/h4-6,10-13,22H,7-9,14-21H2,1-3H3,(H,30,31,36)/t28-,29-. The molecule has 1 aliphatic heterocycles. The first-order chi connectivity index (χ1) is 18.3. The van der Waals surface area contributed by atoms with Gasteiger partial charge in [-0.05, 0) is 70.2 Å². The van der Waals surface area contributed by atoms with E-state index < -0.39 is 0 Å². The number of hydrogen-bond donors (Lipinski definition) is 1. The molecule has 204 valence electrons. The smallest absolute Gasteiger partial charge is 0.320 e. The summed E-state index contributed by atoms with van der Waals surface area (Å²) in [6.45, 7) is 1.92. The van der Waals surface area contributed by atoms with Crippen LogP contribution < -0.4 is 10.1 Å². The molecule has 0 atom stereocenters. The Hall–Kier alpha value is -3.20. The average Bonchev–Trinajstić information content (AvgIpc) is 3.16. The van der Waals surface area contributed by atoms with Crippen molar-refractivity contribution >= 4 is 17.8 Å². The minimum absolute atomic E-state index is 0.0234. The number of rotatable bonds is 9. The number of amides is 3. The Kier molecular flexibility index (Phi) is 7.56. The molecule has 0 unspecified atom stereocenters. The molecule has 1 aromatic carbocycles. The third kappa shape index (κ3) is 5.08. The van der Waals surface area contributed by atoms with E-state index >= 15 is 0 Å². The Bertz CT molecular complexity index is 1110. The third-order valence-electron chi connectivity index (χ3n) is 9.13. The molecule has 3 aliphatic rings. The van der Waals surface area contributed by atoms with E-state index in [1.165, 1.54) is 31.9 Å². The number of ether oxygens (including phenoxy) is 1. The van der Waals surface area contributed by atoms with Gasteiger partial charge in [0, 0.05) is 37.7 Å². The van der Waals surface area contributed by atoms with Crippen LogP contribution in [0.15, 0.2) is 42.5 Å². The molecule has 1 aromatic heterocycles. The summed E-state index contributed by atoms with van der Waals surface area (Å²) < 4.78 is 5.02. The third-order valence-corrected chi connectivity index (χ3v) is 9.13. The zero-order valence-electron chi connectivity index (χ0n) is 22.9. The number of urea groups is 1. The van der Waals surface area contributed by atoms with Crippen molar-refractivity contribution < 1.29 is 14.3 Å². The van der Waals surface area contributed by atoms with Crippen LogP contribution in [0, 0.1) is 5.92 Å². The van der Waals surface area contributed by atoms with Crippen molar-refractivity contribution in [2.24, 2.45) is 5.92 Å². The molecule has 2 heterocycles. The highest BCUT2D eigenvalue weighted by Gasteiger charge is 2.54. The second kappa shape index (κ2) is 10.9. The van der Waals surface area contributed by atoms with Crippen LogP contribution in [-0.4, -0.2) is 83.2 Å². The molecule has 3 amide bonds. The molecule has 1 saturated heterocycles. The molecule has 2 aliphatic carbocycles. The van der Waals surface area contributed by atoms with Gasteiger partial charge in [0.2, 0.25) is 11.8 Å². The second-order valence-corrected chi connectivity index (χ2v) is 11.4. The summed E-state index contributed by atoms with van der Waals surface area (Å²) in [6, 6.07) is 14.2. The second-order valence-electron chi connectivity index (χ2n) is 11.4. The van der Waals surface area contributed by atoms with E-state index in [1.807, 2.05) is 4.90 Å². The molecule has 1 spiro atoms. The largest absolute Gasteiger partial charge is 0.480 e. The van der Waals surface area contributed by atoms with E-state index in [0.29, 0.717) is 30.7 Å². The minimum atomic E-state index is -0.178. The fourth-order valence-electron chi connectivity index (χ4n) is 6.50. The van der Waals surface area contributed by atoms with Gasteiger partial charge in [-0.15, -0.1) is 10.2 Å². The summed E-state index contributed by atoms with van der Waals surface area (Å²) in [6.07, 6.45) is 7.82. The fraction of sp³-hybridized carbons (Fsp3) is 0.586. The van der Waals surface area contributed by atoms with Gasteiger partial charge < -0.3 is 19.9 Å². The summed E-state index contributed by atoms with van der Waals surface area (Å²) in [4.78, 5) is 32.9. The molecule has 9 nitrogen and oxygen atoms in total. The zero-order chi connectivity index (χ0) is 26.8. The molecule has 9 heteroatoms. The predicted octanol–water partition coefficient (Wildman–Crippen LogP) is 4.12. The summed E-state index contributed by atoms with van der Waals surface area (Å²) in [5.74, 6) is 1.19. The van der Waals surface area contributed by atoms with Crippen molar-refractivity contribution in [3.63, 3.8) is 0 Å². The van der Waals surface area contributed by atoms with Gasteiger partial charge in [-0.1, -0.05) is 36.8 Å². The van der Waals surface area contributed by atoms with Crippen LogP contribution in [0.3, 0.4) is 0 Å². The SMILES string of the molecule is COc1ccc(NC(=O)CCN2C[C@]3(CC[C@@](c4ccccc4)(N(C)C)CC3)N(CC3CCC3)C2=O)nn1. The maximum absolute atomic E-state index is 13.7. The molecule has 3 fully saturated rings. The number of nitrogens with one attached hydrogen (secondary N) is 1. The average molecular weight is 521 g/mol. The molecule has 2 aromatic rings. The number of nitrogens with zero attached hydrogens (tertiary/aromatic N) is 5. The number of benzene rings is 1. The van der Waals surface area contributed by atoms with Crippen molar-refractivity contribution in [1.82, 2.24) is 24.9 Å². The number of carbonyl (C=O) groups excluding carboxylic acids is 2. The lowest BCUT2D eigenvalue weighted by Crippen LogP contribution is -2.56. The monoisotopic (exact) mass is 520 g/mol. The van der Waals surface area contributed by atoms with Gasteiger partial charge in [0.25, 0.3) is 0 Å². The van der Waals surface area contributed by atoms with Crippen LogP contribution in [0.4, 0.5) is 10.6 Å². The van der Waals surface area contributed by atoms with Gasteiger partial charge in [0.1, 0.15) is 0 Å². The lowest BCUT2D eigenvalue weighted by atomic mass is 9.68. The lowest BCUT2D eigenvalue weighted by Gasteiger charge is -2.51. The number of methoxy groups -OCH3 is 1. The van der Waals surface area contributed by atoms with Gasteiger partial charge in [-0.2, -0.15) is 0 Å². The number of carbonyl (C=O) groups is 2. The van der Waals surface area contributed by atoms with Crippen LogP contribution >= 0.6 is 0 Å². The molecular weight excluding hydrogens is 480 g/mol. The van der Waals surface area contributed by atoms with Gasteiger partial charge in [-0.25, -0.2) is 4.79 Å². The van der Waals surface area contributed by atoms with Crippen molar-refractivity contribution in [1.29, 1.82) is 0 Å². The Morgan fingerprint density at radius 3 is 2.39 bits per heavy atom. The first-order valence-corrected chi connectivity index (χ1v) is 13.8. The van der Waals surface area contributed by atoms with E-state index in [0.717, 1.165) is 32.2 Å². The first kappa shape index (κ1) is 26.4. The summed E-state index contributed by atoms with van der Waals surface area (Å²) in [5, 5.41) is 10.6. The zero-order valence-corrected chi connectivity index (χ0v) is 22.9. The van der Waals surface area contributed by atoms with Crippen molar-refractivity contribution in [3.05, 3.63) is 48.0 Å². The van der Waals surface area contributed by atoms with Crippen LogP contribution in [0.2, 0.25) is 0 Å². The van der Waals surface area contributed by atoms with Gasteiger partial charge in [0.15, 0.2) is 5.82 Å². The van der Waals surface area contributed by atoms with Gasteiger partial charge in [-0.3, -0.25) is 9.69 Å². The summed E-state index contributed by atoms with van der Waals surface area (Å²) in [7, 11) is 5.87. The van der Waals surface area contributed by atoms with E-state index in [9.17, 15) is 9.59 Å². The molecule has 5 rings (SSSR count). The van der Waals surface area contributed by atoms with Crippen molar-refractivity contribution in [2.75, 3.05) is 46.2 Å². The van der Waals surface area contributed by atoms with E-state index in [4.69, 9.17) is 4.74 Å². The van der Waals surface area contributed by atoms with Crippen molar-refractivity contribution in [3.8, 4) is 5.88 Å². The Labute approximate surface area is 225 Å². The summed E-state index contributed by atoms with van der Waals surface area (Å²) in [5.41, 5.74) is 1.16. The molecule has 2 saturated carbocycles. The van der Waals surface area contributed by atoms with Crippen LogP contribution in [-0.2, 0) is 10.3 Å². The predicted molar refractivity (Wildman–Crippen MR) is 146 cm³/mol. The van der Waals surface area contributed by atoms with E-state index in [2.05, 4.69) is 69.7 Å². The van der Waals surface area contributed by atoms with Crippen LogP contribution in [0.1, 0.15) is 56.9 Å². The quantitative estimate of drug-likeness (QED) is 0.535. The number of hydrogen-bond acceptors (Lipinski definition) is 6. The van der Waals surface area contributed by atoms with E-state index in [1.54, 1.807) is 12.1 Å². The maximum Gasteiger partial charge on any atom is 0.320 e. The first-order valence-electron chi connectivity index (χ1n) is 13.8. The fourth-order valence-corrected chi connectivity index (χ4v) is 6.50. The Morgan fingerprint density at radius 2 is 1.82 bits per heavy atom. The Balaban J connectivity index is 1.27. The number of aromatic nitrogens is 2. The number of anilines is 1. The molecule has 0 radical (unpaired) electrons. The molecule has 38 heavy (non-hydrogen) atoms. The van der Waals surface area contributed by atoms with Crippen LogP contribution in [0.5, 0.6) is 5.88 Å². The topological polar surface area (TPSA) is 90.9 Å². The maximum atomic E-state index is 13.7. The summed E-state index contributed by atoms with van der Waals surface area (Å²) >= 11 is 0. The normalized spacial score (nSPS) is 25.6.